The lowest BCUT2D eigenvalue weighted by atomic mass is 10.0. The summed E-state index contributed by atoms with van der Waals surface area (Å²) in [6.07, 6.45) is 7.82. The van der Waals surface area contributed by atoms with Crippen LogP contribution in [-0.4, -0.2) is 67.3 Å². The van der Waals surface area contributed by atoms with Crippen molar-refractivity contribution in [1.82, 2.24) is 20.4 Å². The van der Waals surface area contributed by atoms with E-state index < -0.39 is 0 Å². The smallest absolute Gasteiger partial charge is 0.246 e. The molecule has 2 aromatic carbocycles. The van der Waals surface area contributed by atoms with Gasteiger partial charge in [0.1, 0.15) is 0 Å². The number of amides is 3. The van der Waals surface area contributed by atoms with E-state index >= 15 is 0 Å². The highest BCUT2D eigenvalue weighted by Gasteiger charge is 2.16. The maximum absolute atomic E-state index is 12.9. The fourth-order valence-electron chi connectivity index (χ4n) is 4.31. The van der Waals surface area contributed by atoms with Crippen LogP contribution in [0.4, 0.5) is 0 Å². The molecule has 0 bridgehead atoms. The lowest BCUT2D eigenvalue weighted by Gasteiger charge is -2.22. The molecule has 0 aliphatic carbocycles. The predicted molar refractivity (Wildman–Crippen MR) is 143 cm³/mol. The van der Waals surface area contributed by atoms with Crippen LogP contribution in [0.5, 0.6) is 0 Å². The molecule has 0 aromatic heterocycles. The molecule has 2 N–H and O–H groups in total. The van der Waals surface area contributed by atoms with Crippen molar-refractivity contribution in [1.29, 1.82) is 0 Å². The van der Waals surface area contributed by atoms with Crippen LogP contribution in [0.15, 0.2) is 66.7 Å². The SMILES string of the molecule is O=CN1CCCCN(C(=O)C=Cc2ccccc2)CCCNC(=O)CC(c2ccccc2)NCCC1. The zero-order chi connectivity index (χ0) is 25.4. The Balaban J connectivity index is 1.63. The van der Waals surface area contributed by atoms with E-state index in [0.29, 0.717) is 52.1 Å². The Hall–Kier alpha value is -3.45. The van der Waals surface area contributed by atoms with Gasteiger partial charge < -0.3 is 20.4 Å². The van der Waals surface area contributed by atoms with Gasteiger partial charge in [0.05, 0.1) is 0 Å². The minimum atomic E-state index is -0.0900. The third kappa shape index (κ3) is 9.66. The largest absolute Gasteiger partial charge is 0.356 e. The van der Waals surface area contributed by atoms with Gasteiger partial charge in [-0.3, -0.25) is 14.4 Å². The number of hydrogen-bond acceptors (Lipinski definition) is 4. The minimum Gasteiger partial charge on any atom is -0.356 e. The fraction of sp³-hybridized carbons (Fsp3) is 0.414. The quantitative estimate of drug-likeness (QED) is 0.509. The molecule has 1 fully saturated rings. The molecule has 36 heavy (non-hydrogen) atoms. The average molecular weight is 491 g/mol. The summed E-state index contributed by atoms with van der Waals surface area (Å²) in [6.45, 7) is 3.76. The first-order chi connectivity index (χ1) is 17.7. The van der Waals surface area contributed by atoms with E-state index in [0.717, 1.165) is 36.8 Å². The van der Waals surface area contributed by atoms with Gasteiger partial charge in [-0.15, -0.1) is 0 Å². The van der Waals surface area contributed by atoms with Crippen molar-refractivity contribution in [3.63, 3.8) is 0 Å². The Morgan fingerprint density at radius 3 is 2.22 bits per heavy atom. The second-order valence-electron chi connectivity index (χ2n) is 9.10. The van der Waals surface area contributed by atoms with Gasteiger partial charge in [-0.1, -0.05) is 60.7 Å². The van der Waals surface area contributed by atoms with Crippen LogP contribution in [0.1, 0.15) is 49.3 Å². The molecule has 7 nitrogen and oxygen atoms in total. The first-order valence-corrected chi connectivity index (χ1v) is 12.9. The average Bonchev–Trinajstić information content (AvgIpc) is 2.92. The van der Waals surface area contributed by atoms with E-state index in [2.05, 4.69) is 10.6 Å². The summed E-state index contributed by atoms with van der Waals surface area (Å²) in [6, 6.07) is 19.6. The lowest BCUT2D eigenvalue weighted by molar-refractivity contribution is -0.126. The van der Waals surface area contributed by atoms with E-state index in [1.165, 1.54) is 0 Å². The monoisotopic (exact) mass is 490 g/mol. The number of benzene rings is 2. The van der Waals surface area contributed by atoms with Crippen molar-refractivity contribution in [3.8, 4) is 0 Å². The Morgan fingerprint density at radius 2 is 1.47 bits per heavy atom. The number of rotatable bonds is 4. The Kier molecular flexibility index (Phi) is 11.7. The third-order valence-electron chi connectivity index (χ3n) is 6.33. The first kappa shape index (κ1) is 27.1. The van der Waals surface area contributed by atoms with Crippen LogP contribution < -0.4 is 10.6 Å². The first-order valence-electron chi connectivity index (χ1n) is 12.9. The molecule has 1 heterocycles. The van der Waals surface area contributed by atoms with Crippen LogP contribution >= 0.6 is 0 Å². The van der Waals surface area contributed by atoms with Crippen LogP contribution in [0, 0.1) is 0 Å². The summed E-state index contributed by atoms with van der Waals surface area (Å²) >= 11 is 0. The lowest BCUT2D eigenvalue weighted by Crippen LogP contribution is -2.35. The van der Waals surface area contributed by atoms with Gasteiger partial charge >= 0.3 is 0 Å². The van der Waals surface area contributed by atoms with Crippen molar-refractivity contribution in [2.24, 2.45) is 0 Å². The van der Waals surface area contributed by atoms with E-state index in [4.69, 9.17) is 0 Å². The molecule has 1 aliphatic heterocycles. The van der Waals surface area contributed by atoms with Gasteiger partial charge in [-0.2, -0.15) is 0 Å². The summed E-state index contributed by atoms with van der Waals surface area (Å²) in [5.74, 6) is -0.0549. The number of nitrogens with zero attached hydrogens (tertiary/aromatic N) is 2. The Morgan fingerprint density at radius 1 is 0.833 bits per heavy atom. The second-order valence-corrected chi connectivity index (χ2v) is 9.10. The molecule has 0 spiro atoms. The van der Waals surface area contributed by atoms with E-state index in [-0.39, 0.29) is 17.9 Å². The predicted octanol–water partition coefficient (Wildman–Crippen LogP) is 3.40. The standard InChI is InChI=1S/C29H38N4O3/c34-24-32-19-7-8-21-33(29(36)16-15-25-11-3-1-4-12-25)22-10-18-31-28(35)23-27(30-17-9-20-32)26-13-5-2-6-14-26/h1-6,11-16,24,27,30H,7-10,17-23H2,(H,31,35). The van der Waals surface area contributed by atoms with Crippen molar-refractivity contribution < 1.29 is 14.4 Å². The van der Waals surface area contributed by atoms with Crippen molar-refractivity contribution in [2.45, 2.75) is 38.1 Å². The van der Waals surface area contributed by atoms with E-state index in [1.54, 1.807) is 11.0 Å². The number of hydrogen-bond donors (Lipinski definition) is 2. The minimum absolute atomic E-state index is 0.0166. The highest BCUT2D eigenvalue weighted by atomic mass is 16.2. The van der Waals surface area contributed by atoms with Crippen LogP contribution in [0.2, 0.25) is 0 Å². The third-order valence-corrected chi connectivity index (χ3v) is 6.33. The molecule has 3 amide bonds. The molecule has 192 valence electrons. The number of carbonyl (C=O) groups is 3. The van der Waals surface area contributed by atoms with Crippen LogP contribution in [0.25, 0.3) is 6.08 Å². The Bertz CT molecular complexity index is 965. The number of nitrogens with one attached hydrogen (secondary N) is 2. The molecule has 1 unspecified atom stereocenters. The van der Waals surface area contributed by atoms with Gasteiger partial charge in [0.15, 0.2) is 0 Å². The van der Waals surface area contributed by atoms with Crippen molar-refractivity contribution in [2.75, 3.05) is 39.3 Å². The molecule has 3 rings (SSSR count). The molecule has 2 aromatic rings. The summed E-state index contributed by atoms with van der Waals surface area (Å²) in [5, 5.41) is 6.51. The van der Waals surface area contributed by atoms with Gasteiger partial charge in [0.2, 0.25) is 18.2 Å². The molecule has 1 saturated heterocycles. The van der Waals surface area contributed by atoms with Crippen LogP contribution in [0.3, 0.4) is 0 Å². The van der Waals surface area contributed by atoms with Crippen molar-refractivity contribution in [3.05, 3.63) is 77.9 Å². The topological polar surface area (TPSA) is 81.8 Å². The molecular formula is C29H38N4O3. The highest BCUT2D eigenvalue weighted by molar-refractivity contribution is 5.91. The summed E-state index contributed by atoms with van der Waals surface area (Å²) < 4.78 is 0. The van der Waals surface area contributed by atoms with E-state index in [1.807, 2.05) is 71.6 Å². The molecule has 7 heteroatoms. The van der Waals surface area contributed by atoms with Gasteiger partial charge in [0.25, 0.3) is 0 Å². The van der Waals surface area contributed by atoms with Crippen molar-refractivity contribution >= 4 is 24.3 Å². The molecule has 1 atom stereocenters. The molecule has 0 radical (unpaired) electrons. The molecule has 1 aliphatic rings. The van der Waals surface area contributed by atoms with Gasteiger partial charge in [-0.25, -0.2) is 0 Å². The maximum atomic E-state index is 12.9. The van der Waals surface area contributed by atoms with Gasteiger partial charge in [0, 0.05) is 51.3 Å². The van der Waals surface area contributed by atoms with Crippen LogP contribution in [-0.2, 0) is 14.4 Å². The zero-order valence-electron chi connectivity index (χ0n) is 21.0. The fourth-order valence-corrected chi connectivity index (χ4v) is 4.31. The highest BCUT2D eigenvalue weighted by Crippen LogP contribution is 2.16. The van der Waals surface area contributed by atoms with E-state index in [9.17, 15) is 14.4 Å². The molecule has 0 saturated carbocycles. The second kappa shape index (κ2) is 15.5. The summed E-state index contributed by atoms with van der Waals surface area (Å²) in [7, 11) is 0. The Labute approximate surface area is 214 Å². The normalized spacial score (nSPS) is 19.4. The van der Waals surface area contributed by atoms with Gasteiger partial charge in [-0.05, 0) is 49.4 Å². The maximum Gasteiger partial charge on any atom is 0.246 e. The zero-order valence-corrected chi connectivity index (χ0v) is 21.0. The number of carbonyl (C=O) groups excluding carboxylic acids is 3. The molecular weight excluding hydrogens is 452 g/mol. The summed E-state index contributed by atoms with van der Waals surface area (Å²) in [5.41, 5.74) is 2.05. The summed E-state index contributed by atoms with van der Waals surface area (Å²) in [4.78, 5) is 40.8.